The maximum atomic E-state index is 5.53. The van der Waals surface area contributed by atoms with Gasteiger partial charge in [-0.05, 0) is 38.3 Å². The molecule has 0 amide bonds. The first-order chi connectivity index (χ1) is 7.79. The second-order valence-corrected chi connectivity index (χ2v) is 5.35. The van der Waals surface area contributed by atoms with Gasteiger partial charge in [0.25, 0.3) is 0 Å². The van der Waals surface area contributed by atoms with Gasteiger partial charge in [-0.15, -0.1) is 0 Å². The fraction of sp³-hybridized carbons (Fsp3) is 1.00. The summed E-state index contributed by atoms with van der Waals surface area (Å²) in [6, 6.07) is 1.31. The molecule has 2 heterocycles. The maximum absolute atomic E-state index is 5.53. The molecule has 3 unspecified atom stereocenters. The molecule has 1 N–H and O–H groups in total. The van der Waals surface area contributed by atoms with Crippen molar-refractivity contribution in [2.45, 2.75) is 45.2 Å². The van der Waals surface area contributed by atoms with Gasteiger partial charge in [-0.2, -0.15) is 0 Å². The number of piperidine rings is 1. The normalized spacial score (nSPS) is 37.5. The Bertz CT molecular complexity index is 204. The fourth-order valence-electron chi connectivity index (χ4n) is 2.94. The van der Waals surface area contributed by atoms with Crippen LogP contribution in [-0.2, 0) is 4.74 Å². The Labute approximate surface area is 99.5 Å². The van der Waals surface area contributed by atoms with Crippen LogP contribution in [0.5, 0.6) is 0 Å². The molecule has 2 saturated heterocycles. The quantitative estimate of drug-likeness (QED) is 0.789. The molecular weight excluding hydrogens is 200 g/mol. The number of hydrogen-bond acceptors (Lipinski definition) is 3. The van der Waals surface area contributed by atoms with Crippen LogP contribution in [0.3, 0.4) is 0 Å². The van der Waals surface area contributed by atoms with Crippen molar-refractivity contribution in [1.82, 2.24) is 10.2 Å². The molecule has 0 aromatic heterocycles. The molecular formula is C13H26N2O. The first kappa shape index (κ1) is 12.3. The molecule has 3 atom stereocenters. The van der Waals surface area contributed by atoms with Gasteiger partial charge in [0.05, 0.1) is 6.61 Å². The van der Waals surface area contributed by atoms with Crippen LogP contribution in [0.15, 0.2) is 0 Å². The minimum Gasteiger partial charge on any atom is -0.380 e. The van der Waals surface area contributed by atoms with Crippen LogP contribution >= 0.6 is 0 Å². The lowest BCUT2D eigenvalue weighted by atomic mass is 9.92. The van der Waals surface area contributed by atoms with E-state index in [1.54, 1.807) is 0 Å². The van der Waals surface area contributed by atoms with Crippen molar-refractivity contribution in [3.05, 3.63) is 0 Å². The van der Waals surface area contributed by atoms with E-state index in [0.717, 1.165) is 19.1 Å². The summed E-state index contributed by atoms with van der Waals surface area (Å²) < 4.78 is 5.53. The lowest BCUT2D eigenvalue weighted by Crippen LogP contribution is -2.52. The van der Waals surface area contributed by atoms with Crippen molar-refractivity contribution >= 4 is 0 Å². The van der Waals surface area contributed by atoms with Gasteiger partial charge < -0.3 is 15.0 Å². The van der Waals surface area contributed by atoms with Crippen LogP contribution in [0.2, 0.25) is 0 Å². The smallest absolute Gasteiger partial charge is 0.0619 e. The first-order valence-electron chi connectivity index (χ1n) is 6.85. The van der Waals surface area contributed by atoms with Crippen LogP contribution in [0.1, 0.15) is 33.1 Å². The third kappa shape index (κ3) is 3.19. The van der Waals surface area contributed by atoms with Crippen molar-refractivity contribution < 1.29 is 4.74 Å². The summed E-state index contributed by atoms with van der Waals surface area (Å²) in [6.07, 6.45) is 3.81. The molecule has 94 valence electrons. The van der Waals surface area contributed by atoms with Crippen molar-refractivity contribution in [2.75, 3.05) is 32.8 Å². The molecule has 3 nitrogen and oxygen atoms in total. The highest BCUT2D eigenvalue weighted by molar-refractivity contribution is 4.85. The number of rotatable bonds is 3. The summed E-state index contributed by atoms with van der Waals surface area (Å²) in [7, 11) is 0. The zero-order chi connectivity index (χ0) is 11.4. The summed E-state index contributed by atoms with van der Waals surface area (Å²) in [5.74, 6) is 0.774. The molecule has 2 rings (SSSR count). The molecule has 2 aliphatic heterocycles. The van der Waals surface area contributed by atoms with Gasteiger partial charge in [-0.1, -0.05) is 13.8 Å². The number of nitrogens with zero attached hydrogens (tertiary/aromatic N) is 1. The van der Waals surface area contributed by atoms with Gasteiger partial charge in [0.15, 0.2) is 0 Å². The van der Waals surface area contributed by atoms with Crippen molar-refractivity contribution in [3.8, 4) is 0 Å². The maximum Gasteiger partial charge on any atom is 0.0619 e. The van der Waals surface area contributed by atoms with E-state index < -0.39 is 0 Å². The van der Waals surface area contributed by atoms with Crippen molar-refractivity contribution in [2.24, 2.45) is 5.92 Å². The predicted octanol–water partition coefficient (Wildman–Crippen LogP) is 1.49. The van der Waals surface area contributed by atoms with Crippen molar-refractivity contribution in [3.63, 3.8) is 0 Å². The summed E-state index contributed by atoms with van der Waals surface area (Å²) in [4.78, 5) is 2.56. The highest BCUT2D eigenvalue weighted by atomic mass is 16.5. The number of hydrogen-bond donors (Lipinski definition) is 1. The van der Waals surface area contributed by atoms with Gasteiger partial charge in [0.2, 0.25) is 0 Å². The minimum atomic E-state index is 0.606. The number of likely N-dealkylation sites (tertiary alicyclic amines) is 1. The average molecular weight is 226 g/mol. The van der Waals surface area contributed by atoms with Crippen molar-refractivity contribution in [1.29, 1.82) is 0 Å². The van der Waals surface area contributed by atoms with Crippen LogP contribution in [0, 0.1) is 5.92 Å². The van der Waals surface area contributed by atoms with E-state index in [4.69, 9.17) is 4.74 Å². The number of ether oxygens (including phenoxy) is 1. The summed E-state index contributed by atoms with van der Waals surface area (Å²) in [5, 5.41) is 3.80. The Morgan fingerprint density at radius 2 is 2.25 bits per heavy atom. The second-order valence-electron chi connectivity index (χ2n) is 5.35. The zero-order valence-corrected chi connectivity index (χ0v) is 10.7. The van der Waals surface area contributed by atoms with E-state index >= 15 is 0 Å². The standard InChI is InChI=1S/C13H26N2O/c1-3-15-7-6-13(11(2)9-15)14-12-5-4-8-16-10-12/h11-14H,3-10H2,1-2H3. The lowest BCUT2D eigenvalue weighted by molar-refractivity contribution is 0.0548. The molecule has 0 saturated carbocycles. The predicted molar refractivity (Wildman–Crippen MR) is 66.7 cm³/mol. The van der Waals surface area contributed by atoms with Gasteiger partial charge in [-0.25, -0.2) is 0 Å². The van der Waals surface area contributed by atoms with E-state index in [0.29, 0.717) is 12.1 Å². The molecule has 0 radical (unpaired) electrons. The van der Waals surface area contributed by atoms with Gasteiger partial charge in [-0.3, -0.25) is 0 Å². The average Bonchev–Trinajstić information content (AvgIpc) is 2.33. The Hall–Kier alpha value is -0.120. The molecule has 0 bridgehead atoms. The topological polar surface area (TPSA) is 24.5 Å². The largest absolute Gasteiger partial charge is 0.380 e. The molecule has 2 aliphatic rings. The summed E-state index contributed by atoms with van der Waals surface area (Å²) in [6.45, 7) is 10.2. The monoisotopic (exact) mass is 226 g/mol. The van der Waals surface area contributed by atoms with E-state index in [2.05, 4.69) is 24.1 Å². The molecule has 0 aromatic carbocycles. The SMILES string of the molecule is CCN1CCC(NC2CCCOC2)C(C)C1. The van der Waals surface area contributed by atoms with E-state index in [1.807, 2.05) is 0 Å². The summed E-state index contributed by atoms with van der Waals surface area (Å²) >= 11 is 0. The van der Waals surface area contributed by atoms with Gasteiger partial charge in [0.1, 0.15) is 0 Å². The lowest BCUT2D eigenvalue weighted by Gasteiger charge is -2.39. The van der Waals surface area contributed by atoms with Crippen LogP contribution in [0.25, 0.3) is 0 Å². The Balaban J connectivity index is 1.76. The molecule has 2 fully saturated rings. The van der Waals surface area contributed by atoms with Gasteiger partial charge >= 0.3 is 0 Å². The Kier molecular flexibility index (Phi) is 4.62. The molecule has 0 aliphatic carbocycles. The van der Waals surface area contributed by atoms with Crippen LogP contribution in [0.4, 0.5) is 0 Å². The van der Waals surface area contributed by atoms with Crippen LogP contribution < -0.4 is 5.32 Å². The zero-order valence-electron chi connectivity index (χ0n) is 10.7. The molecule has 16 heavy (non-hydrogen) atoms. The van der Waals surface area contributed by atoms with E-state index in [1.165, 1.54) is 38.9 Å². The fourth-order valence-corrected chi connectivity index (χ4v) is 2.94. The van der Waals surface area contributed by atoms with Gasteiger partial charge in [0, 0.05) is 25.2 Å². The molecule has 0 aromatic rings. The highest BCUT2D eigenvalue weighted by Gasteiger charge is 2.27. The Morgan fingerprint density at radius 3 is 2.88 bits per heavy atom. The third-order valence-corrected chi connectivity index (χ3v) is 4.05. The van der Waals surface area contributed by atoms with E-state index in [-0.39, 0.29) is 0 Å². The molecule has 0 spiro atoms. The second kappa shape index (κ2) is 5.99. The minimum absolute atomic E-state index is 0.606. The third-order valence-electron chi connectivity index (χ3n) is 4.05. The highest BCUT2D eigenvalue weighted by Crippen LogP contribution is 2.18. The molecule has 3 heteroatoms. The Morgan fingerprint density at radius 1 is 1.38 bits per heavy atom. The number of nitrogens with one attached hydrogen (secondary N) is 1. The summed E-state index contributed by atoms with van der Waals surface area (Å²) in [5.41, 5.74) is 0. The van der Waals surface area contributed by atoms with Crippen LogP contribution in [-0.4, -0.2) is 49.8 Å². The first-order valence-corrected chi connectivity index (χ1v) is 6.85. The van der Waals surface area contributed by atoms with E-state index in [9.17, 15) is 0 Å².